The number of amides is 1. The number of nitrogens with two attached hydrogens (primary N) is 1. The van der Waals surface area contributed by atoms with E-state index in [0.717, 1.165) is 32.4 Å². The molecule has 11 atom stereocenters. The molecule has 4 aliphatic carbocycles. The van der Waals surface area contributed by atoms with Gasteiger partial charge in [-0.15, -0.1) is 0 Å². The first-order valence-corrected chi connectivity index (χ1v) is 17.9. The van der Waals surface area contributed by atoms with E-state index in [4.69, 9.17) is 10.5 Å². The maximum atomic E-state index is 12.8. The van der Waals surface area contributed by atoms with E-state index in [1.807, 2.05) is 13.8 Å². The van der Waals surface area contributed by atoms with Crippen molar-refractivity contribution in [3.8, 4) is 0 Å². The van der Waals surface area contributed by atoms with Gasteiger partial charge in [0.2, 0.25) is 5.91 Å². The van der Waals surface area contributed by atoms with Gasteiger partial charge in [-0.25, -0.2) is 4.79 Å². The molecule has 0 radical (unpaired) electrons. The molecule has 43 heavy (non-hydrogen) atoms. The molecule has 248 valence electrons. The largest absolute Gasteiger partial charge is 0.467 e. The highest BCUT2D eigenvalue weighted by Crippen LogP contribution is 2.68. The first-order chi connectivity index (χ1) is 20.5. The second kappa shape index (κ2) is 14.9. The molecule has 7 heteroatoms. The number of unbranched alkanes of at least 4 members (excludes halogenated alkanes) is 3. The monoisotopic (exact) mass is 603 g/mol. The Morgan fingerprint density at radius 3 is 2.35 bits per heavy atom. The first kappa shape index (κ1) is 34.7. The molecule has 0 heterocycles. The third-order valence-electron chi connectivity index (χ3n) is 13.3. The van der Waals surface area contributed by atoms with E-state index >= 15 is 0 Å². The lowest BCUT2D eigenvalue weighted by Crippen LogP contribution is -2.59. The minimum Gasteiger partial charge on any atom is -0.467 e. The van der Waals surface area contributed by atoms with Gasteiger partial charge in [-0.1, -0.05) is 47.5 Å². The Hall–Kier alpha value is -1.18. The van der Waals surface area contributed by atoms with Crippen LogP contribution in [0.25, 0.3) is 0 Å². The van der Waals surface area contributed by atoms with Gasteiger partial charge in [0.1, 0.15) is 6.04 Å². The topological polar surface area (TPSA) is 114 Å². The molecular weight excluding hydrogens is 538 g/mol. The Morgan fingerprint density at radius 1 is 0.953 bits per heavy atom. The highest BCUT2D eigenvalue weighted by atomic mass is 16.5. The summed E-state index contributed by atoms with van der Waals surface area (Å²) in [6, 6.07) is 0.00860. The average molecular weight is 604 g/mol. The Balaban J connectivity index is 1.33. The number of fused-ring (bicyclic) bond motifs is 5. The van der Waals surface area contributed by atoms with Crippen molar-refractivity contribution in [2.24, 2.45) is 58.0 Å². The van der Waals surface area contributed by atoms with Crippen LogP contribution in [0.15, 0.2) is 0 Å². The van der Waals surface area contributed by atoms with E-state index < -0.39 is 6.04 Å². The maximum Gasteiger partial charge on any atom is 0.328 e. The van der Waals surface area contributed by atoms with E-state index in [9.17, 15) is 14.7 Å². The van der Waals surface area contributed by atoms with Gasteiger partial charge in [0.25, 0.3) is 0 Å². The molecular formula is C36H65N3O4. The summed E-state index contributed by atoms with van der Waals surface area (Å²) in [5.74, 6) is 2.81. The molecule has 0 aromatic heterocycles. The van der Waals surface area contributed by atoms with Crippen molar-refractivity contribution in [1.29, 1.82) is 0 Å². The summed E-state index contributed by atoms with van der Waals surface area (Å²) in [5.41, 5.74) is 6.22. The molecule has 4 rings (SSSR count). The lowest BCUT2D eigenvalue weighted by molar-refractivity contribution is -0.167. The van der Waals surface area contributed by atoms with Crippen molar-refractivity contribution in [2.45, 2.75) is 143 Å². The van der Waals surface area contributed by atoms with Gasteiger partial charge in [-0.05, 0) is 136 Å². The smallest absolute Gasteiger partial charge is 0.328 e. The first-order valence-electron chi connectivity index (χ1n) is 17.9. The van der Waals surface area contributed by atoms with Crippen LogP contribution in [0.5, 0.6) is 0 Å². The van der Waals surface area contributed by atoms with Crippen LogP contribution < -0.4 is 16.4 Å². The fraction of sp³-hybridized carbons (Fsp3) is 0.944. The van der Waals surface area contributed by atoms with Crippen LogP contribution in [-0.2, 0) is 14.3 Å². The Labute approximate surface area is 262 Å². The Kier molecular flexibility index (Phi) is 12.1. The van der Waals surface area contributed by atoms with Crippen molar-refractivity contribution in [1.82, 2.24) is 10.6 Å². The lowest BCUT2D eigenvalue weighted by atomic mass is 9.43. The number of hydrogen-bond donors (Lipinski definition) is 4. The zero-order valence-corrected chi connectivity index (χ0v) is 28.3. The van der Waals surface area contributed by atoms with Crippen LogP contribution in [0.4, 0.5) is 0 Å². The summed E-state index contributed by atoms with van der Waals surface area (Å²) >= 11 is 0. The molecule has 0 aliphatic heterocycles. The van der Waals surface area contributed by atoms with Crippen LogP contribution in [0.2, 0.25) is 0 Å². The van der Waals surface area contributed by atoms with E-state index in [-0.39, 0.29) is 29.3 Å². The van der Waals surface area contributed by atoms with Crippen molar-refractivity contribution in [3.05, 3.63) is 0 Å². The van der Waals surface area contributed by atoms with Gasteiger partial charge in [-0.3, -0.25) is 4.79 Å². The number of nitrogens with one attached hydrogen (secondary N) is 2. The average Bonchev–Trinajstić information content (AvgIpc) is 3.33. The van der Waals surface area contributed by atoms with E-state index in [1.54, 1.807) is 0 Å². The van der Waals surface area contributed by atoms with Crippen LogP contribution >= 0.6 is 0 Å². The SMILES string of the molecule is COC(=O)[C@@H](NC(=O)CC[C@@H](C)[C@H]1CC[C@H]2[C@@H]3[C@H](O)C[C@@H]4C[C@@H](NCCCCCCN)CC[C@]4(C)[C@H]3CC[C@]12C)C(C)C. The quantitative estimate of drug-likeness (QED) is 0.147. The van der Waals surface area contributed by atoms with Gasteiger partial charge in [0, 0.05) is 12.5 Å². The molecule has 5 N–H and O–H groups in total. The number of rotatable bonds is 14. The molecule has 0 bridgehead atoms. The third-order valence-corrected chi connectivity index (χ3v) is 13.3. The summed E-state index contributed by atoms with van der Waals surface area (Å²) in [7, 11) is 1.37. The van der Waals surface area contributed by atoms with Gasteiger partial charge in [-0.2, -0.15) is 0 Å². The van der Waals surface area contributed by atoms with Crippen molar-refractivity contribution >= 4 is 11.9 Å². The van der Waals surface area contributed by atoms with Gasteiger partial charge < -0.3 is 26.2 Å². The molecule has 4 aliphatic rings. The number of aliphatic hydroxyl groups is 1. The Morgan fingerprint density at radius 2 is 1.65 bits per heavy atom. The minimum absolute atomic E-state index is 0.00947. The van der Waals surface area contributed by atoms with Crippen LogP contribution in [0.1, 0.15) is 125 Å². The van der Waals surface area contributed by atoms with Crippen LogP contribution in [0, 0.1) is 52.3 Å². The Bertz CT molecular complexity index is 928. The van der Waals surface area contributed by atoms with E-state index in [1.165, 1.54) is 71.3 Å². The summed E-state index contributed by atoms with van der Waals surface area (Å²) < 4.78 is 4.90. The molecule has 0 saturated heterocycles. The van der Waals surface area contributed by atoms with E-state index in [2.05, 4.69) is 31.4 Å². The highest BCUT2D eigenvalue weighted by Gasteiger charge is 2.62. The number of methoxy groups -OCH3 is 1. The number of carbonyl (C=O) groups is 2. The van der Waals surface area contributed by atoms with Gasteiger partial charge in [0.05, 0.1) is 13.2 Å². The fourth-order valence-electron chi connectivity index (χ4n) is 10.7. The molecule has 4 saturated carbocycles. The van der Waals surface area contributed by atoms with Gasteiger partial charge in [0.15, 0.2) is 0 Å². The standard InChI is InChI=1S/C36H65N3O4/c1-23(2)33(34(42)43-6)39-31(41)14-11-24(3)27-12-13-28-32-29(16-18-36(27,28)5)35(4)17-15-26(21-25(35)22-30(32)40)38-20-10-8-7-9-19-37/h23-30,32-33,38,40H,7-22,37H2,1-6H3,(H,39,41)/t24-,25+,26+,27-,28+,29+,30-,32+,33+,35+,36-/m1/s1. The molecule has 0 spiro atoms. The van der Waals surface area contributed by atoms with Crippen molar-refractivity contribution in [3.63, 3.8) is 0 Å². The maximum absolute atomic E-state index is 12.8. The minimum atomic E-state index is -0.591. The summed E-state index contributed by atoms with van der Waals surface area (Å²) in [5, 5.41) is 18.6. The molecule has 1 amide bonds. The number of esters is 1. The predicted octanol–water partition coefficient (Wildman–Crippen LogP) is 5.82. The summed E-state index contributed by atoms with van der Waals surface area (Å²) in [6.07, 6.45) is 15.6. The molecule has 4 fully saturated rings. The van der Waals surface area contributed by atoms with E-state index in [0.29, 0.717) is 53.4 Å². The number of ether oxygens (including phenoxy) is 1. The van der Waals surface area contributed by atoms with Crippen molar-refractivity contribution < 1.29 is 19.4 Å². The zero-order chi connectivity index (χ0) is 31.4. The number of carbonyl (C=O) groups excluding carboxylic acids is 2. The van der Waals surface area contributed by atoms with Gasteiger partial charge >= 0.3 is 5.97 Å². The molecule has 7 nitrogen and oxygen atoms in total. The second-order valence-electron chi connectivity index (χ2n) is 16.0. The van der Waals surface area contributed by atoms with Crippen LogP contribution in [0.3, 0.4) is 0 Å². The van der Waals surface area contributed by atoms with Crippen LogP contribution in [-0.4, -0.2) is 55.4 Å². The molecule has 0 aromatic rings. The second-order valence-corrected chi connectivity index (χ2v) is 16.0. The summed E-state index contributed by atoms with van der Waals surface area (Å²) in [6.45, 7) is 13.2. The normalized spacial score (nSPS) is 38.5. The highest BCUT2D eigenvalue weighted by molar-refractivity contribution is 5.84. The molecule has 0 unspecified atom stereocenters. The fourth-order valence-corrected chi connectivity index (χ4v) is 10.7. The predicted molar refractivity (Wildman–Crippen MR) is 173 cm³/mol. The van der Waals surface area contributed by atoms with Crippen molar-refractivity contribution in [2.75, 3.05) is 20.2 Å². The molecule has 0 aromatic carbocycles. The zero-order valence-electron chi connectivity index (χ0n) is 28.3. The lowest BCUT2D eigenvalue weighted by Gasteiger charge is -2.62. The number of aliphatic hydroxyl groups excluding tert-OH is 1. The third kappa shape index (κ3) is 7.46. The summed E-state index contributed by atoms with van der Waals surface area (Å²) in [4.78, 5) is 25.0. The number of hydrogen-bond acceptors (Lipinski definition) is 6.